The van der Waals surface area contributed by atoms with E-state index in [1.165, 1.54) is 0 Å². The van der Waals surface area contributed by atoms with Gasteiger partial charge in [0.15, 0.2) is 0 Å². The van der Waals surface area contributed by atoms with Crippen molar-refractivity contribution in [1.29, 1.82) is 0 Å². The van der Waals surface area contributed by atoms with Crippen LogP contribution in [0.3, 0.4) is 0 Å². The summed E-state index contributed by atoms with van der Waals surface area (Å²) in [7, 11) is 1.57. The van der Waals surface area contributed by atoms with Crippen LogP contribution in [-0.4, -0.2) is 24.1 Å². The van der Waals surface area contributed by atoms with Crippen molar-refractivity contribution in [3.8, 4) is 5.75 Å². The molecule has 5 heteroatoms. The van der Waals surface area contributed by atoms with Crippen molar-refractivity contribution in [2.75, 3.05) is 12.4 Å². The summed E-state index contributed by atoms with van der Waals surface area (Å²) in [5, 5.41) is 12.2. The SMILES string of the molecule is COc1ccc(NC(=O)[C@@H](Cc2ccc(C)cc2)[C@@H](C)C(=O)O)cc1. The van der Waals surface area contributed by atoms with E-state index in [1.54, 1.807) is 38.3 Å². The van der Waals surface area contributed by atoms with Crippen LogP contribution in [0.1, 0.15) is 18.1 Å². The second-order valence-corrected chi connectivity index (χ2v) is 6.14. The van der Waals surface area contributed by atoms with Gasteiger partial charge in [-0.05, 0) is 43.2 Å². The zero-order chi connectivity index (χ0) is 18.4. The van der Waals surface area contributed by atoms with Gasteiger partial charge in [0.1, 0.15) is 5.75 Å². The Morgan fingerprint density at radius 2 is 1.68 bits per heavy atom. The zero-order valence-corrected chi connectivity index (χ0v) is 14.7. The maximum atomic E-state index is 12.7. The number of aliphatic carboxylic acids is 1. The van der Waals surface area contributed by atoms with Gasteiger partial charge in [0.05, 0.1) is 18.9 Å². The number of ether oxygens (including phenoxy) is 1. The predicted octanol–water partition coefficient (Wildman–Crippen LogP) is 3.52. The lowest BCUT2D eigenvalue weighted by Crippen LogP contribution is -2.33. The highest BCUT2D eigenvalue weighted by atomic mass is 16.5. The largest absolute Gasteiger partial charge is 0.497 e. The van der Waals surface area contributed by atoms with Crippen LogP contribution in [0.15, 0.2) is 48.5 Å². The number of carboxylic acid groups (broad SMARTS) is 1. The lowest BCUT2D eigenvalue weighted by Gasteiger charge is -2.21. The lowest BCUT2D eigenvalue weighted by atomic mass is 9.87. The molecule has 2 rings (SSSR count). The van der Waals surface area contributed by atoms with E-state index in [1.807, 2.05) is 31.2 Å². The van der Waals surface area contributed by atoms with Gasteiger partial charge in [-0.3, -0.25) is 9.59 Å². The number of carboxylic acids is 1. The molecule has 2 aromatic rings. The highest BCUT2D eigenvalue weighted by Gasteiger charge is 2.30. The molecule has 0 aliphatic heterocycles. The monoisotopic (exact) mass is 341 g/mol. The summed E-state index contributed by atoms with van der Waals surface area (Å²) >= 11 is 0. The summed E-state index contributed by atoms with van der Waals surface area (Å²) in [6.07, 6.45) is 0.371. The molecule has 2 atom stereocenters. The van der Waals surface area contributed by atoms with Gasteiger partial charge in [-0.25, -0.2) is 0 Å². The predicted molar refractivity (Wildman–Crippen MR) is 96.8 cm³/mol. The average molecular weight is 341 g/mol. The highest BCUT2D eigenvalue weighted by Crippen LogP contribution is 2.22. The van der Waals surface area contributed by atoms with Crippen molar-refractivity contribution in [2.45, 2.75) is 20.3 Å². The second kappa shape index (κ2) is 8.33. The first kappa shape index (κ1) is 18.5. The van der Waals surface area contributed by atoms with Crippen LogP contribution < -0.4 is 10.1 Å². The number of carbonyl (C=O) groups is 2. The molecule has 0 fully saturated rings. The fourth-order valence-electron chi connectivity index (χ4n) is 2.56. The van der Waals surface area contributed by atoms with Gasteiger partial charge >= 0.3 is 5.97 Å². The van der Waals surface area contributed by atoms with Crippen molar-refractivity contribution >= 4 is 17.6 Å². The molecule has 1 amide bonds. The van der Waals surface area contributed by atoms with Crippen molar-refractivity contribution in [3.63, 3.8) is 0 Å². The molecular formula is C20H23NO4. The number of aryl methyl sites for hydroxylation is 1. The molecule has 0 bridgehead atoms. The number of anilines is 1. The summed E-state index contributed by atoms with van der Waals surface area (Å²) in [5.74, 6) is -2.06. The fraction of sp³-hybridized carbons (Fsp3) is 0.300. The summed E-state index contributed by atoms with van der Waals surface area (Å²) in [4.78, 5) is 24.1. The first-order valence-electron chi connectivity index (χ1n) is 8.14. The van der Waals surface area contributed by atoms with Crippen LogP contribution in [0.25, 0.3) is 0 Å². The lowest BCUT2D eigenvalue weighted by molar-refractivity contribution is -0.145. The second-order valence-electron chi connectivity index (χ2n) is 6.14. The van der Waals surface area contributed by atoms with Crippen molar-refractivity contribution in [3.05, 3.63) is 59.7 Å². The Bertz CT molecular complexity index is 722. The molecule has 0 aliphatic carbocycles. The molecule has 2 N–H and O–H groups in total. The Hall–Kier alpha value is -2.82. The Morgan fingerprint density at radius 3 is 2.20 bits per heavy atom. The first-order valence-corrected chi connectivity index (χ1v) is 8.14. The Labute approximate surface area is 147 Å². The normalized spacial score (nSPS) is 12.9. The van der Waals surface area contributed by atoms with E-state index in [-0.39, 0.29) is 5.91 Å². The Balaban J connectivity index is 2.16. The summed E-state index contributed by atoms with van der Waals surface area (Å²) in [5.41, 5.74) is 2.67. The molecule has 0 aliphatic rings. The Kier molecular flexibility index (Phi) is 6.17. The van der Waals surface area contributed by atoms with Crippen LogP contribution in [0.2, 0.25) is 0 Å². The topological polar surface area (TPSA) is 75.6 Å². The molecule has 132 valence electrons. The van der Waals surface area contributed by atoms with Crippen molar-refractivity contribution < 1.29 is 19.4 Å². The Morgan fingerprint density at radius 1 is 1.08 bits per heavy atom. The van der Waals surface area contributed by atoms with Crippen LogP contribution in [0.5, 0.6) is 5.75 Å². The van der Waals surface area contributed by atoms with Gasteiger partial charge in [-0.2, -0.15) is 0 Å². The number of rotatable bonds is 7. The molecule has 0 spiro atoms. The molecule has 0 heterocycles. The minimum absolute atomic E-state index is 0.305. The molecule has 25 heavy (non-hydrogen) atoms. The third kappa shape index (κ3) is 5.08. The molecule has 2 aromatic carbocycles. The van der Waals surface area contributed by atoms with Crippen LogP contribution >= 0.6 is 0 Å². The van der Waals surface area contributed by atoms with Gasteiger partial charge in [0, 0.05) is 5.69 Å². The third-order valence-corrected chi connectivity index (χ3v) is 4.26. The van der Waals surface area contributed by atoms with E-state index in [0.29, 0.717) is 17.9 Å². The smallest absolute Gasteiger partial charge is 0.307 e. The number of hydrogen-bond donors (Lipinski definition) is 2. The quantitative estimate of drug-likeness (QED) is 0.808. The maximum absolute atomic E-state index is 12.7. The molecule has 0 saturated heterocycles. The van der Waals surface area contributed by atoms with E-state index in [0.717, 1.165) is 11.1 Å². The number of nitrogens with one attached hydrogen (secondary N) is 1. The van der Waals surface area contributed by atoms with Gasteiger partial charge in [-0.1, -0.05) is 36.8 Å². The number of amides is 1. The number of methoxy groups -OCH3 is 1. The number of hydrogen-bond acceptors (Lipinski definition) is 3. The van der Waals surface area contributed by atoms with E-state index in [9.17, 15) is 14.7 Å². The van der Waals surface area contributed by atoms with Gasteiger partial charge < -0.3 is 15.2 Å². The summed E-state index contributed by atoms with van der Waals surface area (Å²) in [6.45, 7) is 3.55. The summed E-state index contributed by atoms with van der Waals surface area (Å²) < 4.78 is 5.09. The number of carbonyl (C=O) groups excluding carboxylic acids is 1. The van der Waals surface area contributed by atoms with E-state index in [4.69, 9.17) is 4.74 Å². The molecular weight excluding hydrogens is 318 g/mol. The standard InChI is InChI=1S/C20H23NO4/c1-13-4-6-15(7-5-13)12-18(14(2)20(23)24)19(22)21-16-8-10-17(25-3)11-9-16/h4-11,14,18H,12H2,1-3H3,(H,21,22)(H,23,24)/t14-,18+/m1/s1. The van der Waals surface area contributed by atoms with Crippen LogP contribution in [-0.2, 0) is 16.0 Å². The van der Waals surface area contributed by atoms with E-state index in [2.05, 4.69) is 5.32 Å². The van der Waals surface area contributed by atoms with E-state index < -0.39 is 17.8 Å². The molecule has 0 saturated carbocycles. The van der Waals surface area contributed by atoms with Gasteiger partial charge in [0.2, 0.25) is 5.91 Å². The summed E-state index contributed by atoms with van der Waals surface area (Å²) in [6, 6.07) is 14.7. The van der Waals surface area contributed by atoms with Gasteiger partial charge in [0.25, 0.3) is 0 Å². The van der Waals surface area contributed by atoms with E-state index >= 15 is 0 Å². The molecule has 0 unspecified atom stereocenters. The third-order valence-electron chi connectivity index (χ3n) is 4.26. The maximum Gasteiger partial charge on any atom is 0.307 e. The minimum atomic E-state index is -0.984. The fourth-order valence-corrected chi connectivity index (χ4v) is 2.56. The molecule has 0 radical (unpaired) electrons. The minimum Gasteiger partial charge on any atom is -0.497 e. The zero-order valence-electron chi connectivity index (χ0n) is 14.7. The van der Waals surface area contributed by atoms with Crippen molar-refractivity contribution in [1.82, 2.24) is 0 Å². The average Bonchev–Trinajstić information content (AvgIpc) is 2.61. The highest BCUT2D eigenvalue weighted by molar-refractivity contribution is 5.95. The first-order chi connectivity index (χ1) is 11.9. The van der Waals surface area contributed by atoms with Crippen molar-refractivity contribution in [2.24, 2.45) is 11.8 Å². The molecule has 0 aromatic heterocycles. The van der Waals surface area contributed by atoms with Crippen LogP contribution in [0, 0.1) is 18.8 Å². The van der Waals surface area contributed by atoms with Crippen LogP contribution in [0.4, 0.5) is 5.69 Å². The molecule has 5 nitrogen and oxygen atoms in total. The number of benzene rings is 2. The van der Waals surface area contributed by atoms with Gasteiger partial charge in [-0.15, -0.1) is 0 Å².